The summed E-state index contributed by atoms with van der Waals surface area (Å²) in [4.78, 5) is 26.2. The minimum atomic E-state index is -0.449. The van der Waals surface area contributed by atoms with Gasteiger partial charge < -0.3 is 10.3 Å². The third-order valence-corrected chi connectivity index (χ3v) is 7.27. The highest BCUT2D eigenvalue weighted by Crippen LogP contribution is 2.40. The molecular formula is C20H18N6O3S2. The lowest BCUT2D eigenvalue weighted by atomic mass is 9.89. The summed E-state index contributed by atoms with van der Waals surface area (Å²) in [5.41, 5.74) is 8.26. The van der Waals surface area contributed by atoms with Crippen molar-refractivity contribution in [3.05, 3.63) is 50.7 Å². The summed E-state index contributed by atoms with van der Waals surface area (Å²) in [5, 5.41) is 16.3. The van der Waals surface area contributed by atoms with Crippen LogP contribution in [0.2, 0.25) is 0 Å². The number of non-ortho nitro benzene ring substituents is 1. The van der Waals surface area contributed by atoms with Crippen LogP contribution in [-0.4, -0.2) is 25.0 Å². The van der Waals surface area contributed by atoms with E-state index in [-0.39, 0.29) is 5.69 Å². The van der Waals surface area contributed by atoms with E-state index in [0.717, 1.165) is 23.1 Å². The summed E-state index contributed by atoms with van der Waals surface area (Å²) in [6.07, 6.45) is 3.28. The molecule has 0 spiro atoms. The van der Waals surface area contributed by atoms with Crippen molar-refractivity contribution in [2.24, 2.45) is 5.92 Å². The van der Waals surface area contributed by atoms with Gasteiger partial charge in [0.2, 0.25) is 11.7 Å². The number of nitrogens with zero attached hydrogens (tertiary/aromatic N) is 5. The summed E-state index contributed by atoms with van der Waals surface area (Å²) >= 11 is 3.10. The van der Waals surface area contributed by atoms with Gasteiger partial charge in [0, 0.05) is 22.6 Å². The third kappa shape index (κ3) is 3.86. The molecule has 158 valence electrons. The van der Waals surface area contributed by atoms with Gasteiger partial charge >= 0.3 is 0 Å². The lowest BCUT2D eigenvalue weighted by Gasteiger charge is -2.17. The predicted molar refractivity (Wildman–Crippen MR) is 119 cm³/mol. The average Bonchev–Trinajstić information content (AvgIpc) is 3.36. The number of rotatable bonds is 5. The first-order chi connectivity index (χ1) is 15.0. The second-order valence-corrected chi connectivity index (χ2v) is 9.55. The van der Waals surface area contributed by atoms with Crippen LogP contribution in [-0.2, 0) is 18.6 Å². The molecule has 2 N–H and O–H groups in total. The number of aryl methyl sites for hydroxylation is 1. The number of thioether (sulfide) groups is 1. The predicted octanol–water partition coefficient (Wildman–Crippen LogP) is 4.65. The van der Waals surface area contributed by atoms with Gasteiger partial charge in [-0.3, -0.25) is 10.1 Å². The first kappa shape index (κ1) is 19.9. The van der Waals surface area contributed by atoms with Crippen molar-refractivity contribution >= 4 is 44.8 Å². The molecule has 9 nitrogen and oxygen atoms in total. The maximum atomic E-state index is 10.8. The highest BCUT2D eigenvalue weighted by Gasteiger charge is 2.23. The van der Waals surface area contributed by atoms with Gasteiger partial charge in [0.25, 0.3) is 5.69 Å². The largest absolute Gasteiger partial charge is 0.383 e. The number of nitro benzene ring substituents is 1. The molecule has 1 aromatic carbocycles. The van der Waals surface area contributed by atoms with Gasteiger partial charge in [-0.15, -0.1) is 11.3 Å². The van der Waals surface area contributed by atoms with E-state index in [2.05, 4.69) is 22.0 Å². The van der Waals surface area contributed by atoms with E-state index in [9.17, 15) is 10.1 Å². The lowest BCUT2D eigenvalue weighted by Crippen LogP contribution is -2.09. The Bertz CT molecular complexity index is 1280. The first-order valence-corrected chi connectivity index (χ1v) is 11.6. The summed E-state index contributed by atoms with van der Waals surface area (Å²) < 4.78 is 5.31. The second-order valence-electron chi connectivity index (χ2n) is 7.53. The maximum Gasteiger partial charge on any atom is 0.269 e. The molecule has 5 rings (SSSR count). The van der Waals surface area contributed by atoms with Crippen molar-refractivity contribution in [3.8, 4) is 11.4 Å². The highest BCUT2D eigenvalue weighted by atomic mass is 32.2. The molecule has 0 saturated heterocycles. The number of nitrogens with two attached hydrogens (primary N) is 1. The molecule has 1 aliphatic rings. The van der Waals surface area contributed by atoms with Crippen LogP contribution in [0.4, 0.5) is 11.5 Å². The number of thiophene rings is 1. The number of fused-ring (bicyclic) bond motifs is 3. The van der Waals surface area contributed by atoms with E-state index in [4.69, 9.17) is 15.2 Å². The number of nitro groups is 1. The summed E-state index contributed by atoms with van der Waals surface area (Å²) in [6.45, 7) is 2.28. The van der Waals surface area contributed by atoms with E-state index < -0.39 is 4.92 Å². The zero-order valence-electron chi connectivity index (χ0n) is 16.6. The molecule has 0 aliphatic heterocycles. The van der Waals surface area contributed by atoms with E-state index >= 15 is 0 Å². The molecular weight excluding hydrogens is 436 g/mol. The maximum absolute atomic E-state index is 10.8. The number of nitrogen functional groups attached to an aromatic ring is 1. The van der Waals surface area contributed by atoms with Crippen LogP contribution in [0.3, 0.4) is 0 Å². The second kappa shape index (κ2) is 7.89. The Hall–Kier alpha value is -3.05. The molecule has 31 heavy (non-hydrogen) atoms. The van der Waals surface area contributed by atoms with Crippen LogP contribution < -0.4 is 5.73 Å². The molecule has 4 aromatic rings. The SMILES string of the molecule is CC1CCc2c(sc3nc(SCc4nc(-c5ccc([N+](=O)[O-])cc5)no4)nc(N)c23)C1. The number of anilines is 1. The normalized spacial score (nSPS) is 15.8. The molecule has 1 unspecified atom stereocenters. The van der Waals surface area contributed by atoms with Gasteiger partial charge in [0.15, 0.2) is 5.16 Å². The number of hydrogen-bond donors (Lipinski definition) is 1. The van der Waals surface area contributed by atoms with Crippen LogP contribution in [0.15, 0.2) is 33.9 Å². The van der Waals surface area contributed by atoms with Crippen LogP contribution in [0.1, 0.15) is 29.7 Å². The van der Waals surface area contributed by atoms with Gasteiger partial charge in [-0.25, -0.2) is 9.97 Å². The van der Waals surface area contributed by atoms with E-state index in [1.165, 1.54) is 40.8 Å². The zero-order chi connectivity index (χ0) is 21.5. The molecule has 0 saturated carbocycles. The minimum Gasteiger partial charge on any atom is -0.383 e. The fourth-order valence-electron chi connectivity index (χ4n) is 3.70. The van der Waals surface area contributed by atoms with Gasteiger partial charge in [0.1, 0.15) is 10.6 Å². The molecule has 0 bridgehead atoms. The summed E-state index contributed by atoms with van der Waals surface area (Å²) in [7, 11) is 0. The summed E-state index contributed by atoms with van der Waals surface area (Å²) in [5.74, 6) is 2.40. The van der Waals surface area contributed by atoms with Crippen LogP contribution in [0.5, 0.6) is 0 Å². The van der Waals surface area contributed by atoms with Gasteiger partial charge in [-0.2, -0.15) is 4.98 Å². The molecule has 11 heteroatoms. The van der Waals surface area contributed by atoms with Gasteiger partial charge in [0.05, 0.1) is 16.1 Å². The third-order valence-electron chi connectivity index (χ3n) is 5.29. The monoisotopic (exact) mass is 454 g/mol. The quantitative estimate of drug-likeness (QED) is 0.198. The van der Waals surface area contributed by atoms with E-state index in [1.807, 2.05) is 0 Å². The average molecular weight is 455 g/mol. The fraction of sp³-hybridized carbons (Fsp3) is 0.300. The summed E-state index contributed by atoms with van der Waals surface area (Å²) in [6, 6.07) is 6.01. The van der Waals surface area contributed by atoms with E-state index in [0.29, 0.717) is 39.9 Å². The van der Waals surface area contributed by atoms with Crippen molar-refractivity contribution in [1.82, 2.24) is 20.1 Å². The Morgan fingerprint density at radius 3 is 2.87 bits per heavy atom. The standard InChI is InChI=1S/C20H18N6O3S2/c1-10-2-7-13-14(8-10)31-19-16(13)17(21)23-20(24-19)30-9-15-22-18(25-29-15)11-3-5-12(6-4-11)26(27)28/h3-6,10H,2,7-9H2,1H3,(H2,21,23,24). The molecule has 3 heterocycles. The van der Waals surface area contributed by atoms with Crippen molar-refractivity contribution in [2.75, 3.05) is 5.73 Å². The molecule has 0 radical (unpaired) electrons. The Balaban J connectivity index is 1.33. The lowest BCUT2D eigenvalue weighted by molar-refractivity contribution is -0.384. The first-order valence-electron chi connectivity index (χ1n) is 9.76. The van der Waals surface area contributed by atoms with Crippen molar-refractivity contribution < 1.29 is 9.45 Å². The van der Waals surface area contributed by atoms with Gasteiger partial charge in [-0.1, -0.05) is 23.8 Å². The molecule has 3 aromatic heterocycles. The van der Waals surface area contributed by atoms with Crippen LogP contribution in [0.25, 0.3) is 21.6 Å². The van der Waals surface area contributed by atoms with Crippen molar-refractivity contribution in [1.29, 1.82) is 0 Å². The Morgan fingerprint density at radius 2 is 2.10 bits per heavy atom. The van der Waals surface area contributed by atoms with Crippen LogP contribution in [0, 0.1) is 16.0 Å². The van der Waals surface area contributed by atoms with Gasteiger partial charge in [-0.05, 0) is 42.9 Å². The van der Waals surface area contributed by atoms with Crippen LogP contribution >= 0.6 is 23.1 Å². The molecule has 1 aliphatic carbocycles. The smallest absolute Gasteiger partial charge is 0.269 e. The minimum absolute atomic E-state index is 0.0119. The molecule has 1 atom stereocenters. The zero-order valence-corrected chi connectivity index (χ0v) is 18.2. The topological polar surface area (TPSA) is 134 Å². The van der Waals surface area contributed by atoms with E-state index in [1.54, 1.807) is 23.5 Å². The van der Waals surface area contributed by atoms with Crippen molar-refractivity contribution in [3.63, 3.8) is 0 Å². The molecule has 0 fully saturated rings. The number of benzene rings is 1. The Morgan fingerprint density at radius 1 is 1.29 bits per heavy atom. The fourth-order valence-corrected chi connectivity index (χ4v) is 5.84. The highest BCUT2D eigenvalue weighted by molar-refractivity contribution is 7.98. The number of aromatic nitrogens is 4. The van der Waals surface area contributed by atoms with Crippen molar-refractivity contribution in [2.45, 2.75) is 37.1 Å². The Kier molecular flexibility index (Phi) is 5.06. The Labute approximate surface area is 185 Å². The molecule has 0 amide bonds. The number of hydrogen-bond acceptors (Lipinski definition) is 10.